The monoisotopic (exact) mass is 279 g/mol. The van der Waals surface area contributed by atoms with E-state index in [0.717, 1.165) is 0 Å². The van der Waals surface area contributed by atoms with Crippen molar-refractivity contribution in [2.24, 2.45) is 0 Å². The van der Waals surface area contributed by atoms with Crippen LogP contribution in [0, 0.1) is 0 Å². The number of furan rings is 1. The second-order valence-corrected chi connectivity index (χ2v) is 4.31. The zero-order valence-electron chi connectivity index (χ0n) is 10.5. The van der Waals surface area contributed by atoms with Crippen molar-refractivity contribution in [2.45, 2.75) is 11.9 Å². The zero-order chi connectivity index (χ0) is 13.8. The molecule has 7 heteroatoms. The molecule has 100 valence electrons. The maximum absolute atomic E-state index is 12.1. The Bertz CT molecular complexity index is 584. The molecule has 6 nitrogen and oxygen atoms in total. The second-order valence-electron chi connectivity index (χ2n) is 3.51. The van der Waals surface area contributed by atoms with E-state index in [0.29, 0.717) is 16.5 Å². The number of rotatable bonds is 4. The van der Waals surface area contributed by atoms with Gasteiger partial charge in [-0.15, -0.1) is 11.8 Å². The fraction of sp³-hybridized carbons (Fsp3) is 0.250. The van der Waals surface area contributed by atoms with Gasteiger partial charge < -0.3 is 14.9 Å². The molecule has 0 aliphatic heterocycles. The Morgan fingerprint density at radius 2 is 2.32 bits per heavy atom. The van der Waals surface area contributed by atoms with E-state index in [4.69, 9.17) is 14.9 Å². The van der Waals surface area contributed by atoms with Gasteiger partial charge in [-0.1, -0.05) is 0 Å². The van der Waals surface area contributed by atoms with Crippen LogP contribution in [-0.4, -0.2) is 28.8 Å². The van der Waals surface area contributed by atoms with Crippen molar-refractivity contribution in [3.8, 4) is 11.5 Å². The van der Waals surface area contributed by atoms with Gasteiger partial charge in [0.1, 0.15) is 16.3 Å². The van der Waals surface area contributed by atoms with Crippen molar-refractivity contribution in [3.05, 3.63) is 24.0 Å². The highest BCUT2D eigenvalue weighted by molar-refractivity contribution is 7.98. The molecule has 0 fully saturated rings. The highest BCUT2D eigenvalue weighted by atomic mass is 32.2. The molecule has 2 aromatic rings. The Hall–Kier alpha value is -2.02. The lowest BCUT2D eigenvalue weighted by molar-refractivity contribution is 0.0521. The highest BCUT2D eigenvalue weighted by Gasteiger charge is 2.23. The van der Waals surface area contributed by atoms with E-state index >= 15 is 0 Å². The van der Waals surface area contributed by atoms with Crippen molar-refractivity contribution >= 4 is 23.7 Å². The summed E-state index contributed by atoms with van der Waals surface area (Å²) < 4.78 is 10.3. The molecule has 0 atom stereocenters. The first-order chi connectivity index (χ1) is 9.17. The number of anilines is 1. The van der Waals surface area contributed by atoms with E-state index in [-0.39, 0.29) is 18.1 Å². The molecule has 0 saturated heterocycles. The highest BCUT2D eigenvalue weighted by Crippen LogP contribution is 2.29. The molecule has 2 rings (SSSR count). The van der Waals surface area contributed by atoms with Gasteiger partial charge in [0.15, 0.2) is 5.76 Å². The number of thioether (sulfide) groups is 1. The van der Waals surface area contributed by atoms with Gasteiger partial charge in [0, 0.05) is 0 Å². The SMILES string of the molecule is CCOC(=O)c1c(SC)nc(N)nc1-c1ccco1. The predicted octanol–water partition coefficient (Wildman–Crippen LogP) is 2.22. The van der Waals surface area contributed by atoms with Crippen molar-refractivity contribution in [3.63, 3.8) is 0 Å². The number of hydrogen-bond acceptors (Lipinski definition) is 7. The normalized spacial score (nSPS) is 10.4. The number of aromatic nitrogens is 2. The molecule has 19 heavy (non-hydrogen) atoms. The number of hydrogen-bond donors (Lipinski definition) is 1. The summed E-state index contributed by atoms with van der Waals surface area (Å²) in [5.41, 5.74) is 6.28. The molecule has 2 N–H and O–H groups in total. The molecule has 2 aromatic heterocycles. The lowest BCUT2D eigenvalue weighted by Crippen LogP contribution is -2.12. The van der Waals surface area contributed by atoms with Gasteiger partial charge in [-0.05, 0) is 25.3 Å². The van der Waals surface area contributed by atoms with Gasteiger partial charge in [0.25, 0.3) is 0 Å². The van der Waals surface area contributed by atoms with E-state index < -0.39 is 5.97 Å². The number of nitrogens with zero attached hydrogens (tertiary/aromatic N) is 2. The molecule has 0 unspecified atom stereocenters. The van der Waals surface area contributed by atoms with Gasteiger partial charge in [0.05, 0.1) is 12.9 Å². The fourth-order valence-electron chi connectivity index (χ4n) is 1.58. The second kappa shape index (κ2) is 5.75. The van der Waals surface area contributed by atoms with E-state index in [9.17, 15) is 4.79 Å². The van der Waals surface area contributed by atoms with Crippen LogP contribution in [0.2, 0.25) is 0 Å². The summed E-state index contributed by atoms with van der Waals surface area (Å²) in [7, 11) is 0. The Morgan fingerprint density at radius 1 is 1.53 bits per heavy atom. The number of carbonyl (C=O) groups excluding carboxylic acids is 1. The number of ether oxygens (including phenoxy) is 1. The summed E-state index contributed by atoms with van der Waals surface area (Å²) in [6, 6.07) is 3.41. The van der Waals surface area contributed by atoms with Crippen molar-refractivity contribution in [1.82, 2.24) is 9.97 Å². The minimum Gasteiger partial charge on any atom is -0.463 e. The first-order valence-corrected chi connectivity index (χ1v) is 6.82. The average molecular weight is 279 g/mol. The quantitative estimate of drug-likeness (QED) is 0.521. The van der Waals surface area contributed by atoms with Crippen LogP contribution in [0.15, 0.2) is 27.8 Å². The molecule has 0 spiro atoms. The number of nitrogen functional groups attached to an aromatic ring is 1. The average Bonchev–Trinajstić information content (AvgIpc) is 2.91. The molecule has 0 aliphatic carbocycles. The van der Waals surface area contributed by atoms with Crippen LogP contribution in [0.4, 0.5) is 5.95 Å². The molecule has 0 saturated carbocycles. The molecule has 2 heterocycles. The Balaban J connectivity index is 2.63. The van der Waals surface area contributed by atoms with Crippen LogP contribution in [0.25, 0.3) is 11.5 Å². The predicted molar refractivity (Wildman–Crippen MR) is 71.9 cm³/mol. The topological polar surface area (TPSA) is 91.2 Å². The molecule has 0 aliphatic rings. The maximum atomic E-state index is 12.1. The summed E-state index contributed by atoms with van der Waals surface area (Å²) in [5.74, 6) is 0.0505. The smallest absolute Gasteiger partial charge is 0.343 e. The third-order valence-corrected chi connectivity index (χ3v) is 3.00. The summed E-state index contributed by atoms with van der Waals surface area (Å²) in [6.45, 7) is 2.01. The minimum atomic E-state index is -0.488. The van der Waals surface area contributed by atoms with Gasteiger partial charge in [0.2, 0.25) is 5.95 Å². The standard InChI is InChI=1S/C12H13N3O3S/c1-3-17-11(16)8-9(7-5-4-6-18-7)14-12(13)15-10(8)19-2/h4-6H,3H2,1-2H3,(H2,13,14,15). The largest absolute Gasteiger partial charge is 0.463 e. The van der Waals surface area contributed by atoms with E-state index in [2.05, 4.69) is 9.97 Å². The maximum Gasteiger partial charge on any atom is 0.343 e. The minimum absolute atomic E-state index is 0.0869. The number of carbonyl (C=O) groups is 1. The van der Waals surface area contributed by atoms with Crippen LogP contribution in [0.3, 0.4) is 0 Å². The van der Waals surface area contributed by atoms with E-state index in [1.807, 2.05) is 0 Å². The van der Waals surface area contributed by atoms with Gasteiger partial charge >= 0.3 is 5.97 Å². The van der Waals surface area contributed by atoms with Crippen LogP contribution < -0.4 is 5.73 Å². The summed E-state index contributed by atoms with van der Waals surface area (Å²) in [5, 5.41) is 0.470. The van der Waals surface area contributed by atoms with Crippen molar-refractivity contribution in [1.29, 1.82) is 0 Å². The molecule has 0 amide bonds. The lowest BCUT2D eigenvalue weighted by Gasteiger charge is -2.10. The van der Waals surface area contributed by atoms with E-state index in [1.165, 1.54) is 18.0 Å². The van der Waals surface area contributed by atoms with Crippen molar-refractivity contribution < 1.29 is 13.9 Å². The first-order valence-electron chi connectivity index (χ1n) is 5.59. The third-order valence-electron chi connectivity index (χ3n) is 2.32. The number of esters is 1. The summed E-state index contributed by atoms with van der Waals surface area (Å²) >= 11 is 1.30. The Morgan fingerprint density at radius 3 is 2.89 bits per heavy atom. The molecule has 0 bridgehead atoms. The van der Waals surface area contributed by atoms with Gasteiger partial charge in [-0.2, -0.15) is 0 Å². The molecular weight excluding hydrogens is 266 g/mol. The fourth-order valence-corrected chi connectivity index (χ4v) is 2.15. The van der Waals surface area contributed by atoms with Gasteiger partial charge in [-0.25, -0.2) is 14.8 Å². The lowest BCUT2D eigenvalue weighted by atomic mass is 10.2. The summed E-state index contributed by atoms with van der Waals surface area (Å²) in [6.07, 6.45) is 3.30. The Kier molecular flexibility index (Phi) is 4.06. The molecular formula is C12H13N3O3S. The molecule has 0 radical (unpaired) electrons. The summed E-state index contributed by atoms with van der Waals surface area (Å²) in [4.78, 5) is 20.2. The van der Waals surface area contributed by atoms with E-state index in [1.54, 1.807) is 25.3 Å². The van der Waals surface area contributed by atoms with Crippen molar-refractivity contribution in [2.75, 3.05) is 18.6 Å². The van der Waals surface area contributed by atoms with Crippen LogP contribution in [-0.2, 0) is 4.74 Å². The van der Waals surface area contributed by atoms with Crippen LogP contribution in [0.5, 0.6) is 0 Å². The zero-order valence-corrected chi connectivity index (χ0v) is 11.4. The van der Waals surface area contributed by atoms with Crippen LogP contribution in [0.1, 0.15) is 17.3 Å². The van der Waals surface area contributed by atoms with Gasteiger partial charge in [-0.3, -0.25) is 0 Å². The number of nitrogens with two attached hydrogens (primary N) is 1. The third kappa shape index (κ3) is 2.70. The Labute approximate surface area is 114 Å². The van der Waals surface area contributed by atoms with Crippen LogP contribution >= 0.6 is 11.8 Å². The first kappa shape index (κ1) is 13.4. The molecule has 0 aromatic carbocycles.